The lowest BCUT2D eigenvalue weighted by molar-refractivity contribution is 0.676. The quantitative estimate of drug-likeness (QED) is 0.438. The molecule has 1 heterocycles. The first kappa shape index (κ1) is 14.1. The van der Waals surface area contributed by atoms with Crippen molar-refractivity contribution >= 4 is 11.7 Å². The number of nitrogens with zero attached hydrogens (tertiary/aromatic N) is 2. The highest BCUT2D eigenvalue weighted by Crippen LogP contribution is 2.31. The summed E-state index contributed by atoms with van der Waals surface area (Å²) in [6.45, 7) is 0. The summed E-state index contributed by atoms with van der Waals surface area (Å²) >= 11 is 0. The Morgan fingerprint density at radius 2 is 1.86 bits per heavy atom. The van der Waals surface area contributed by atoms with Crippen LogP contribution in [0.2, 0.25) is 0 Å². The number of pyridine rings is 1. The standard InChI is InChI=1S/C16H17N5O/c17-16(18)21-20-14-9-11(10-4-2-1-3-5-10)8-13-12(14)6-7-15(22)19-13/h1-7,11H,8-9H2,(H,19,22)(H4,17,18,21)/b20-14-. The molecule has 1 aromatic heterocycles. The van der Waals surface area contributed by atoms with Crippen molar-refractivity contribution in [2.24, 2.45) is 21.7 Å². The highest BCUT2D eigenvalue weighted by molar-refractivity contribution is 6.03. The molecule has 1 aliphatic carbocycles. The van der Waals surface area contributed by atoms with Gasteiger partial charge >= 0.3 is 0 Å². The third-order valence-electron chi connectivity index (χ3n) is 3.76. The molecule has 3 rings (SSSR count). The van der Waals surface area contributed by atoms with Crippen LogP contribution in [0.15, 0.2) is 57.5 Å². The van der Waals surface area contributed by atoms with E-state index < -0.39 is 0 Å². The van der Waals surface area contributed by atoms with Gasteiger partial charge in [0, 0.05) is 17.3 Å². The number of nitrogens with two attached hydrogens (primary N) is 2. The topological polar surface area (TPSA) is 110 Å². The first-order valence-corrected chi connectivity index (χ1v) is 7.06. The average molecular weight is 295 g/mol. The lowest BCUT2D eigenvalue weighted by atomic mass is 9.81. The normalized spacial score (nSPS) is 18.7. The van der Waals surface area contributed by atoms with Crippen LogP contribution in [0.1, 0.15) is 29.2 Å². The van der Waals surface area contributed by atoms with Crippen molar-refractivity contribution in [1.29, 1.82) is 0 Å². The molecule has 22 heavy (non-hydrogen) atoms. The number of hydrogen-bond donors (Lipinski definition) is 3. The van der Waals surface area contributed by atoms with Crippen LogP contribution in [0, 0.1) is 0 Å². The van der Waals surface area contributed by atoms with Gasteiger partial charge in [0.25, 0.3) is 0 Å². The Hall–Kier alpha value is -2.89. The van der Waals surface area contributed by atoms with Crippen LogP contribution < -0.4 is 17.0 Å². The zero-order valence-corrected chi connectivity index (χ0v) is 12.0. The van der Waals surface area contributed by atoms with Crippen LogP contribution in [0.3, 0.4) is 0 Å². The minimum absolute atomic E-state index is 0.0830. The van der Waals surface area contributed by atoms with E-state index in [0.717, 1.165) is 29.8 Å². The maximum absolute atomic E-state index is 11.6. The highest BCUT2D eigenvalue weighted by Gasteiger charge is 2.25. The van der Waals surface area contributed by atoms with Crippen molar-refractivity contribution < 1.29 is 0 Å². The average Bonchev–Trinajstić information content (AvgIpc) is 2.52. The fourth-order valence-corrected chi connectivity index (χ4v) is 2.78. The van der Waals surface area contributed by atoms with Gasteiger partial charge in [0.05, 0.1) is 5.71 Å². The Morgan fingerprint density at radius 3 is 2.59 bits per heavy atom. The lowest BCUT2D eigenvalue weighted by Crippen LogP contribution is -2.25. The number of guanidine groups is 1. The zero-order chi connectivity index (χ0) is 15.5. The number of benzene rings is 1. The molecule has 6 heteroatoms. The third-order valence-corrected chi connectivity index (χ3v) is 3.76. The van der Waals surface area contributed by atoms with Gasteiger partial charge in [-0.15, -0.1) is 5.10 Å². The molecule has 1 unspecified atom stereocenters. The molecule has 6 nitrogen and oxygen atoms in total. The molecule has 0 bridgehead atoms. The number of fused-ring (bicyclic) bond motifs is 1. The summed E-state index contributed by atoms with van der Waals surface area (Å²) in [5, 5.41) is 7.93. The summed E-state index contributed by atoms with van der Waals surface area (Å²) in [6, 6.07) is 13.4. The van der Waals surface area contributed by atoms with Crippen molar-refractivity contribution in [3.63, 3.8) is 0 Å². The molecule has 2 aromatic rings. The van der Waals surface area contributed by atoms with Crippen molar-refractivity contribution in [3.05, 3.63) is 69.6 Å². The third kappa shape index (κ3) is 2.90. The molecule has 0 saturated heterocycles. The van der Waals surface area contributed by atoms with E-state index in [-0.39, 0.29) is 17.4 Å². The molecular formula is C16H17N5O. The fourth-order valence-electron chi connectivity index (χ4n) is 2.78. The van der Waals surface area contributed by atoms with E-state index >= 15 is 0 Å². The second-order valence-corrected chi connectivity index (χ2v) is 5.30. The Bertz CT molecular complexity index is 788. The molecule has 0 aliphatic heterocycles. The Kier molecular flexibility index (Phi) is 3.74. The number of aromatic amines is 1. The molecule has 0 radical (unpaired) electrons. The first-order valence-electron chi connectivity index (χ1n) is 7.06. The van der Waals surface area contributed by atoms with E-state index in [1.807, 2.05) is 18.2 Å². The number of aromatic nitrogens is 1. The van der Waals surface area contributed by atoms with Crippen LogP contribution in [-0.2, 0) is 6.42 Å². The van der Waals surface area contributed by atoms with E-state index in [9.17, 15) is 4.79 Å². The predicted molar refractivity (Wildman–Crippen MR) is 86.9 cm³/mol. The van der Waals surface area contributed by atoms with Crippen LogP contribution in [0.5, 0.6) is 0 Å². The Balaban J connectivity index is 2.05. The minimum Gasteiger partial charge on any atom is -0.369 e. The summed E-state index contributed by atoms with van der Waals surface area (Å²) in [7, 11) is 0. The van der Waals surface area contributed by atoms with Gasteiger partial charge in [0.15, 0.2) is 0 Å². The summed E-state index contributed by atoms with van der Waals surface area (Å²) in [4.78, 5) is 14.5. The van der Waals surface area contributed by atoms with Gasteiger partial charge < -0.3 is 16.5 Å². The van der Waals surface area contributed by atoms with E-state index in [1.165, 1.54) is 11.6 Å². The zero-order valence-electron chi connectivity index (χ0n) is 12.0. The van der Waals surface area contributed by atoms with E-state index in [2.05, 4.69) is 27.3 Å². The molecule has 1 aliphatic rings. The second-order valence-electron chi connectivity index (χ2n) is 5.30. The van der Waals surface area contributed by atoms with E-state index in [0.29, 0.717) is 0 Å². The van der Waals surface area contributed by atoms with Crippen LogP contribution >= 0.6 is 0 Å². The van der Waals surface area contributed by atoms with Crippen molar-refractivity contribution in [2.75, 3.05) is 0 Å². The van der Waals surface area contributed by atoms with Crippen LogP contribution in [-0.4, -0.2) is 16.7 Å². The van der Waals surface area contributed by atoms with Crippen molar-refractivity contribution in [1.82, 2.24) is 4.98 Å². The largest absolute Gasteiger partial charge is 0.369 e. The van der Waals surface area contributed by atoms with Crippen LogP contribution in [0.4, 0.5) is 0 Å². The molecular weight excluding hydrogens is 278 g/mol. The molecule has 0 saturated carbocycles. The molecule has 0 fully saturated rings. The van der Waals surface area contributed by atoms with Gasteiger partial charge in [-0.25, -0.2) is 0 Å². The molecule has 1 atom stereocenters. The number of rotatable bonds is 2. The second kappa shape index (κ2) is 5.85. The Labute approximate surface area is 127 Å². The summed E-state index contributed by atoms with van der Waals surface area (Å²) < 4.78 is 0. The predicted octanol–water partition coefficient (Wildman–Crippen LogP) is 1.08. The molecule has 112 valence electrons. The monoisotopic (exact) mass is 295 g/mol. The molecule has 0 amide bonds. The molecule has 5 N–H and O–H groups in total. The molecule has 1 aromatic carbocycles. The fraction of sp³-hybridized carbons (Fsp3) is 0.188. The van der Waals surface area contributed by atoms with Gasteiger partial charge in [0.2, 0.25) is 11.5 Å². The van der Waals surface area contributed by atoms with Gasteiger partial charge in [-0.2, -0.15) is 5.10 Å². The minimum atomic E-state index is -0.117. The highest BCUT2D eigenvalue weighted by atomic mass is 16.1. The SMILES string of the molecule is NC(N)=N/N=C1/CC(c2ccccc2)Cc2[nH]c(=O)ccc21. The maximum Gasteiger partial charge on any atom is 0.248 e. The van der Waals surface area contributed by atoms with Gasteiger partial charge in [-0.05, 0) is 30.4 Å². The maximum atomic E-state index is 11.6. The summed E-state index contributed by atoms with van der Waals surface area (Å²) in [5.41, 5.74) is 14.4. The number of hydrogen-bond acceptors (Lipinski definition) is 3. The van der Waals surface area contributed by atoms with E-state index in [4.69, 9.17) is 11.5 Å². The van der Waals surface area contributed by atoms with Gasteiger partial charge in [0.1, 0.15) is 0 Å². The number of H-pyrrole nitrogens is 1. The summed E-state index contributed by atoms with van der Waals surface area (Å²) in [5.74, 6) is 0.153. The molecule has 0 spiro atoms. The van der Waals surface area contributed by atoms with Gasteiger partial charge in [-0.3, -0.25) is 4.79 Å². The number of nitrogens with one attached hydrogen (secondary N) is 1. The van der Waals surface area contributed by atoms with Crippen molar-refractivity contribution in [2.45, 2.75) is 18.8 Å². The van der Waals surface area contributed by atoms with Crippen LogP contribution in [0.25, 0.3) is 0 Å². The smallest absolute Gasteiger partial charge is 0.248 e. The Morgan fingerprint density at radius 1 is 1.09 bits per heavy atom. The van der Waals surface area contributed by atoms with E-state index in [1.54, 1.807) is 6.07 Å². The lowest BCUT2D eigenvalue weighted by Gasteiger charge is -2.25. The van der Waals surface area contributed by atoms with Gasteiger partial charge in [-0.1, -0.05) is 30.3 Å². The van der Waals surface area contributed by atoms with Crippen molar-refractivity contribution in [3.8, 4) is 0 Å². The summed E-state index contributed by atoms with van der Waals surface area (Å²) in [6.07, 6.45) is 1.48. The first-order chi connectivity index (χ1) is 10.6.